The fourth-order valence-electron chi connectivity index (χ4n) is 4.14. The Bertz CT molecular complexity index is 1260. The molecule has 8 heteroatoms. The summed E-state index contributed by atoms with van der Waals surface area (Å²) >= 11 is 1.74. The molecule has 2 heterocycles. The summed E-state index contributed by atoms with van der Waals surface area (Å²) in [6.07, 6.45) is 3.97. The minimum absolute atomic E-state index is 0.0246. The average molecular weight is 493 g/mol. The third-order valence-corrected chi connectivity index (χ3v) is 7.05. The van der Waals surface area contributed by atoms with Gasteiger partial charge >= 0.3 is 0 Å². The number of nitrogens with zero attached hydrogens (tertiary/aromatic N) is 1. The maximum absolute atomic E-state index is 13.2. The summed E-state index contributed by atoms with van der Waals surface area (Å²) in [5, 5.41) is 4.96. The van der Waals surface area contributed by atoms with E-state index in [-0.39, 0.29) is 11.8 Å². The summed E-state index contributed by atoms with van der Waals surface area (Å²) < 4.78 is 16.1. The molecule has 0 spiro atoms. The van der Waals surface area contributed by atoms with Crippen molar-refractivity contribution >= 4 is 34.9 Å². The zero-order valence-corrected chi connectivity index (χ0v) is 21.0. The molecule has 1 N–H and O–H groups in total. The van der Waals surface area contributed by atoms with Crippen molar-refractivity contribution in [2.45, 2.75) is 19.9 Å². The Hall–Kier alpha value is -3.78. The predicted molar refractivity (Wildman–Crippen MR) is 138 cm³/mol. The second-order valence-electron chi connectivity index (χ2n) is 8.11. The van der Waals surface area contributed by atoms with Crippen LogP contribution in [0.1, 0.15) is 31.9 Å². The van der Waals surface area contributed by atoms with Gasteiger partial charge in [-0.2, -0.15) is 0 Å². The highest BCUT2D eigenvalue weighted by Gasteiger charge is 2.24. The lowest BCUT2D eigenvalue weighted by atomic mass is 10.0. The maximum Gasteiger partial charge on any atom is 0.254 e. The van der Waals surface area contributed by atoms with E-state index >= 15 is 0 Å². The molecule has 0 saturated carbocycles. The number of ether oxygens (including phenoxy) is 3. The van der Waals surface area contributed by atoms with Gasteiger partial charge in [0.05, 0.1) is 21.3 Å². The van der Waals surface area contributed by atoms with Crippen LogP contribution in [-0.4, -0.2) is 44.6 Å². The molecule has 2 amide bonds. The Morgan fingerprint density at radius 2 is 1.80 bits per heavy atom. The summed E-state index contributed by atoms with van der Waals surface area (Å²) in [5.41, 5.74) is 3.86. The molecule has 1 aliphatic heterocycles. The molecule has 0 unspecified atom stereocenters. The van der Waals surface area contributed by atoms with E-state index in [1.807, 2.05) is 17.9 Å². The molecule has 1 aliphatic rings. The van der Waals surface area contributed by atoms with Crippen molar-refractivity contribution < 1.29 is 23.8 Å². The van der Waals surface area contributed by atoms with Crippen LogP contribution in [-0.2, 0) is 17.8 Å². The number of hydrogen-bond acceptors (Lipinski definition) is 6. The third-order valence-electron chi connectivity index (χ3n) is 6.03. The molecule has 0 saturated heterocycles. The Balaban J connectivity index is 1.48. The van der Waals surface area contributed by atoms with Crippen molar-refractivity contribution in [2.24, 2.45) is 0 Å². The Kier molecular flexibility index (Phi) is 7.41. The molecule has 3 aromatic rings. The smallest absolute Gasteiger partial charge is 0.254 e. The molecule has 35 heavy (non-hydrogen) atoms. The van der Waals surface area contributed by atoms with Gasteiger partial charge in [0.25, 0.3) is 5.91 Å². The number of thiophene rings is 1. The number of methoxy groups -OCH3 is 3. The van der Waals surface area contributed by atoms with Gasteiger partial charge in [0.15, 0.2) is 11.5 Å². The lowest BCUT2D eigenvalue weighted by Gasteiger charge is -2.28. The number of hydrogen-bond donors (Lipinski definition) is 1. The van der Waals surface area contributed by atoms with Crippen molar-refractivity contribution in [3.63, 3.8) is 0 Å². The molecule has 0 atom stereocenters. The number of rotatable bonds is 7. The van der Waals surface area contributed by atoms with E-state index in [4.69, 9.17) is 14.2 Å². The van der Waals surface area contributed by atoms with Crippen LogP contribution < -0.4 is 19.5 Å². The van der Waals surface area contributed by atoms with Crippen molar-refractivity contribution in [1.82, 2.24) is 4.90 Å². The topological polar surface area (TPSA) is 77.1 Å². The molecular weight excluding hydrogens is 464 g/mol. The van der Waals surface area contributed by atoms with Crippen LogP contribution in [0.3, 0.4) is 0 Å². The summed E-state index contributed by atoms with van der Waals surface area (Å²) in [6, 6.07) is 11.0. The van der Waals surface area contributed by atoms with E-state index < -0.39 is 0 Å². The quantitative estimate of drug-likeness (QED) is 0.473. The number of carbonyl (C=O) groups excluding carboxylic acids is 2. The van der Waals surface area contributed by atoms with E-state index in [2.05, 4.69) is 16.8 Å². The van der Waals surface area contributed by atoms with Crippen LogP contribution in [0.5, 0.6) is 17.2 Å². The van der Waals surface area contributed by atoms with Gasteiger partial charge in [-0.05, 0) is 71.8 Å². The summed E-state index contributed by atoms with van der Waals surface area (Å²) in [6.45, 7) is 3.16. The highest BCUT2D eigenvalue weighted by atomic mass is 32.1. The highest BCUT2D eigenvalue weighted by Crippen LogP contribution is 2.38. The van der Waals surface area contributed by atoms with E-state index in [0.717, 1.165) is 12.0 Å². The second-order valence-corrected chi connectivity index (χ2v) is 9.11. The molecule has 0 bridgehead atoms. The van der Waals surface area contributed by atoms with Gasteiger partial charge in [0.1, 0.15) is 0 Å². The third kappa shape index (κ3) is 5.17. The number of fused-ring (bicyclic) bond motifs is 1. The number of carbonyl (C=O) groups is 2. The standard InChI is InChI=1S/C27H28N2O5S/c1-17-20(27(31)29-12-10-24-19(16-29)11-13-35-24)6-5-7-21(17)28-25(30)9-8-18-14-22(32-2)26(34-4)23(15-18)33-3/h5-9,11,13-15H,10,12,16H2,1-4H3,(H,28,30)/b9-8+. The zero-order valence-electron chi connectivity index (χ0n) is 20.2. The fraction of sp³-hybridized carbons (Fsp3) is 0.259. The van der Waals surface area contributed by atoms with Crippen molar-refractivity contribution in [3.05, 3.63) is 75.0 Å². The molecule has 182 valence electrons. The fourth-order valence-corrected chi connectivity index (χ4v) is 5.03. The Labute approximate surface area is 208 Å². The second kappa shape index (κ2) is 10.7. The van der Waals surface area contributed by atoms with Gasteiger partial charge in [-0.15, -0.1) is 11.3 Å². The van der Waals surface area contributed by atoms with E-state index in [0.29, 0.717) is 47.2 Å². The van der Waals surface area contributed by atoms with Crippen LogP contribution in [0.15, 0.2) is 47.9 Å². The summed E-state index contributed by atoms with van der Waals surface area (Å²) in [7, 11) is 4.62. The monoisotopic (exact) mass is 492 g/mol. The normalized spacial score (nSPS) is 12.9. The first-order valence-electron chi connectivity index (χ1n) is 11.2. The molecule has 7 nitrogen and oxygen atoms in total. The van der Waals surface area contributed by atoms with Crippen molar-refractivity contribution in [2.75, 3.05) is 33.2 Å². The number of nitrogens with one attached hydrogen (secondary N) is 1. The SMILES string of the molecule is COc1cc(/C=C/C(=O)Nc2cccc(C(=O)N3CCc4sccc4C3)c2C)cc(OC)c1OC. The Morgan fingerprint density at radius 3 is 2.49 bits per heavy atom. The lowest BCUT2D eigenvalue weighted by Crippen LogP contribution is -2.35. The van der Waals surface area contributed by atoms with Crippen LogP contribution in [0.2, 0.25) is 0 Å². The molecule has 0 fully saturated rings. The van der Waals surface area contributed by atoms with Crippen LogP contribution in [0.4, 0.5) is 5.69 Å². The first-order chi connectivity index (χ1) is 16.9. The van der Waals surface area contributed by atoms with E-state index in [1.165, 1.54) is 37.8 Å². The summed E-state index contributed by atoms with van der Waals surface area (Å²) in [4.78, 5) is 29.1. The number of benzene rings is 2. The zero-order chi connectivity index (χ0) is 24.9. The number of anilines is 1. The first kappa shape index (κ1) is 24.3. The maximum atomic E-state index is 13.2. The summed E-state index contributed by atoms with van der Waals surface area (Å²) in [5.74, 6) is 1.15. The molecular formula is C27H28N2O5S. The highest BCUT2D eigenvalue weighted by molar-refractivity contribution is 7.10. The molecule has 0 radical (unpaired) electrons. The average Bonchev–Trinajstić information content (AvgIpc) is 3.35. The molecule has 0 aliphatic carbocycles. The molecule has 1 aromatic heterocycles. The van der Waals surface area contributed by atoms with Gasteiger partial charge in [-0.25, -0.2) is 0 Å². The van der Waals surface area contributed by atoms with Crippen molar-refractivity contribution in [1.29, 1.82) is 0 Å². The first-order valence-corrected chi connectivity index (χ1v) is 12.1. The lowest BCUT2D eigenvalue weighted by molar-refractivity contribution is -0.111. The minimum atomic E-state index is -0.313. The van der Waals surface area contributed by atoms with Gasteiger partial charge in [0, 0.05) is 35.3 Å². The number of amides is 2. The van der Waals surface area contributed by atoms with Gasteiger partial charge in [-0.1, -0.05) is 6.07 Å². The Morgan fingerprint density at radius 1 is 1.06 bits per heavy atom. The molecule has 4 rings (SSSR count). The van der Waals surface area contributed by atoms with E-state index in [9.17, 15) is 9.59 Å². The van der Waals surface area contributed by atoms with E-state index in [1.54, 1.807) is 41.7 Å². The van der Waals surface area contributed by atoms with Crippen LogP contribution >= 0.6 is 11.3 Å². The van der Waals surface area contributed by atoms with Crippen LogP contribution in [0.25, 0.3) is 6.08 Å². The predicted octanol–water partition coefficient (Wildman–Crippen LogP) is 4.93. The minimum Gasteiger partial charge on any atom is -0.493 e. The van der Waals surface area contributed by atoms with Gasteiger partial charge < -0.3 is 24.4 Å². The molecule has 2 aromatic carbocycles. The van der Waals surface area contributed by atoms with Gasteiger partial charge in [0.2, 0.25) is 11.7 Å². The van der Waals surface area contributed by atoms with Gasteiger partial charge in [-0.3, -0.25) is 9.59 Å². The largest absolute Gasteiger partial charge is 0.493 e. The van der Waals surface area contributed by atoms with Crippen LogP contribution in [0, 0.1) is 6.92 Å². The van der Waals surface area contributed by atoms with Crippen molar-refractivity contribution in [3.8, 4) is 17.2 Å².